The van der Waals surface area contributed by atoms with Crippen LogP contribution in [0.3, 0.4) is 0 Å². The molecule has 1 aromatic rings. The van der Waals surface area contributed by atoms with Gasteiger partial charge in [-0.25, -0.2) is 4.79 Å². The summed E-state index contributed by atoms with van der Waals surface area (Å²) in [6.07, 6.45) is 1.46. The summed E-state index contributed by atoms with van der Waals surface area (Å²) in [5, 5.41) is 2.94. The molecule has 1 atom stereocenters. The molecule has 1 aromatic carbocycles. The third kappa shape index (κ3) is 5.46. The Morgan fingerprint density at radius 1 is 1.28 bits per heavy atom. The first-order valence-electron chi connectivity index (χ1n) is 8.66. The van der Waals surface area contributed by atoms with Crippen molar-refractivity contribution in [1.82, 2.24) is 10.2 Å². The summed E-state index contributed by atoms with van der Waals surface area (Å²) in [6, 6.07) is 7.34. The quantitative estimate of drug-likeness (QED) is 0.888. The lowest BCUT2D eigenvalue weighted by atomic mass is 10.1. The summed E-state index contributed by atoms with van der Waals surface area (Å²) in [4.78, 5) is 26.5. The van der Waals surface area contributed by atoms with E-state index in [2.05, 4.69) is 5.32 Å². The Morgan fingerprint density at radius 2 is 2.00 bits per heavy atom. The van der Waals surface area contributed by atoms with E-state index in [4.69, 9.17) is 9.47 Å². The van der Waals surface area contributed by atoms with Crippen LogP contribution in [0.25, 0.3) is 0 Å². The molecule has 25 heavy (non-hydrogen) atoms. The van der Waals surface area contributed by atoms with Gasteiger partial charge in [0.15, 0.2) is 0 Å². The molecular formula is C19H28N2O4. The van der Waals surface area contributed by atoms with Crippen LogP contribution in [0.2, 0.25) is 0 Å². The number of methoxy groups -OCH3 is 1. The summed E-state index contributed by atoms with van der Waals surface area (Å²) in [5.74, 6) is -0.149. The Bertz CT molecular complexity index is 610. The lowest BCUT2D eigenvalue weighted by Gasteiger charge is -2.28. The van der Waals surface area contributed by atoms with Crippen molar-refractivity contribution in [2.75, 3.05) is 20.2 Å². The minimum absolute atomic E-state index is 0.0339. The molecule has 0 radical (unpaired) electrons. The monoisotopic (exact) mass is 348 g/mol. The van der Waals surface area contributed by atoms with E-state index in [-0.39, 0.29) is 18.0 Å². The van der Waals surface area contributed by atoms with Crippen LogP contribution < -0.4 is 5.32 Å². The van der Waals surface area contributed by atoms with Crippen LogP contribution in [-0.2, 0) is 16.1 Å². The van der Waals surface area contributed by atoms with Gasteiger partial charge in [-0.1, -0.05) is 18.2 Å². The number of carbonyl (C=O) groups excluding carboxylic acids is 2. The second-order valence-electron chi connectivity index (χ2n) is 7.27. The van der Waals surface area contributed by atoms with E-state index in [1.54, 1.807) is 18.1 Å². The molecule has 0 aliphatic carbocycles. The second-order valence-corrected chi connectivity index (χ2v) is 7.27. The standard InChI is InChI=1S/C19H28N2O4/c1-19(2,3)25-18(23)21-11-7-9-15(21)12-20-17(22)16-10-6-5-8-14(16)13-24-4/h5-6,8,10,15H,7,9,11-13H2,1-4H3,(H,20,22)/t15-/m1/s1. The average molecular weight is 348 g/mol. The fourth-order valence-corrected chi connectivity index (χ4v) is 2.94. The lowest BCUT2D eigenvalue weighted by molar-refractivity contribution is 0.0225. The van der Waals surface area contributed by atoms with Gasteiger partial charge in [0.2, 0.25) is 0 Å². The van der Waals surface area contributed by atoms with Crippen LogP contribution >= 0.6 is 0 Å². The Balaban J connectivity index is 1.96. The molecule has 1 aliphatic heterocycles. The Kier molecular flexibility index (Phi) is 6.42. The number of hydrogen-bond donors (Lipinski definition) is 1. The molecule has 1 aliphatic rings. The lowest BCUT2D eigenvalue weighted by Crippen LogP contribution is -2.45. The predicted octanol–water partition coefficient (Wildman–Crippen LogP) is 2.96. The molecule has 0 bridgehead atoms. The summed E-state index contributed by atoms with van der Waals surface area (Å²) in [6.45, 7) is 7.02. The molecule has 1 fully saturated rings. The summed E-state index contributed by atoms with van der Waals surface area (Å²) < 4.78 is 10.6. The summed E-state index contributed by atoms with van der Waals surface area (Å²) >= 11 is 0. The van der Waals surface area contributed by atoms with Crippen LogP contribution in [0, 0.1) is 0 Å². The van der Waals surface area contributed by atoms with Crippen molar-refractivity contribution in [3.8, 4) is 0 Å². The highest BCUT2D eigenvalue weighted by Gasteiger charge is 2.32. The number of hydrogen-bond acceptors (Lipinski definition) is 4. The Hall–Kier alpha value is -2.08. The first-order valence-corrected chi connectivity index (χ1v) is 8.66. The van der Waals surface area contributed by atoms with Crippen molar-refractivity contribution in [1.29, 1.82) is 0 Å². The molecular weight excluding hydrogens is 320 g/mol. The highest BCUT2D eigenvalue weighted by atomic mass is 16.6. The molecule has 6 heteroatoms. The van der Waals surface area contributed by atoms with Crippen LogP contribution in [0.5, 0.6) is 0 Å². The number of nitrogens with zero attached hydrogens (tertiary/aromatic N) is 1. The number of carbonyl (C=O) groups is 2. The minimum atomic E-state index is -0.521. The van der Waals surface area contributed by atoms with Gasteiger partial charge in [-0.2, -0.15) is 0 Å². The van der Waals surface area contributed by atoms with E-state index in [9.17, 15) is 9.59 Å². The summed E-state index contributed by atoms with van der Waals surface area (Å²) in [7, 11) is 1.60. The Morgan fingerprint density at radius 3 is 2.68 bits per heavy atom. The van der Waals surface area contributed by atoms with Crippen molar-refractivity contribution in [3.05, 3.63) is 35.4 Å². The van der Waals surface area contributed by atoms with E-state index in [1.807, 2.05) is 39.0 Å². The van der Waals surface area contributed by atoms with Crippen molar-refractivity contribution in [2.24, 2.45) is 0 Å². The van der Waals surface area contributed by atoms with Crippen LogP contribution in [0.4, 0.5) is 4.79 Å². The molecule has 1 saturated heterocycles. The van der Waals surface area contributed by atoms with Crippen LogP contribution in [0.1, 0.15) is 49.5 Å². The first-order chi connectivity index (χ1) is 11.8. The molecule has 6 nitrogen and oxygen atoms in total. The second kappa shape index (κ2) is 8.34. The SMILES string of the molecule is COCc1ccccc1C(=O)NC[C@H]1CCCN1C(=O)OC(C)(C)C. The Labute approximate surface area is 149 Å². The van der Waals surface area contributed by atoms with E-state index in [1.165, 1.54) is 0 Å². The fraction of sp³-hybridized carbons (Fsp3) is 0.579. The van der Waals surface area contributed by atoms with Gasteiger partial charge in [0.05, 0.1) is 12.6 Å². The number of nitrogens with one attached hydrogen (secondary N) is 1. The first kappa shape index (κ1) is 19.2. The third-order valence-corrected chi connectivity index (χ3v) is 4.07. The molecule has 0 unspecified atom stereocenters. The van der Waals surface area contributed by atoms with E-state index in [0.29, 0.717) is 25.3 Å². The van der Waals surface area contributed by atoms with Crippen molar-refractivity contribution >= 4 is 12.0 Å². The van der Waals surface area contributed by atoms with Gasteiger partial charge in [0.25, 0.3) is 5.91 Å². The zero-order valence-corrected chi connectivity index (χ0v) is 15.5. The minimum Gasteiger partial charge on any atom is -0.444 e. The highest BCUT2D eigenvalue weighted by Crippen LogP contribution is 2.20. The third-order valence-electron chi connectivity index (χ3n) is 4.07. The number of ether oxygens (including phenoxy) is 2. The summed E-state index contributed by atoms with van der Waals surface area (Å²) in [5.41, 5.74) is 0.927. The molecule has 0 saturated carbocycles. The average Bonchev–Trinajstić information content (AvgIpc) is 3.00. The zero-order valence-electron chi connectivity index (χ0n) is 15.5. The highest BCUT2D eigenvalue weighted by molar-refractivity contribution is 5.95. The topological polar surface area (TPSA) is 67.9 Å². The maximum absolute atomic E-state index is 12.5. The largest absolute Gasteiger partial charge is 0.444 e. The smallest absolute Gasteiger partial charge is 0.410 e. The van der Waals surface area contributed by atoms with E-state index in [0.717, 1.165) is 18.4 Å². The van der Waals surface area contributed by atoms with Gasteiger partial charge in [-0.05, 0) is 45.2 Å². The molecule has 0 spiro atoms. The molecule has 1 heterocycles. The number of benzene rings is 1. The van der Waals surface area contributed by atoms with Gasteiger partial charge in [0, 0.05) is 25.8 Å². The number of likely N-dealkylation sites (tertiary alicyclic amines) is 1. The van der Waals surface area contributed by atoms with Crippen LogP contribution in [0.15, 0.2) is 24.3 Å². The molecule has 0 aromatic heterocycles. The van der Waals surface area contributed by atoms with Crippen molar-refractivity contribution < 1.29 is 19.1 Å². The van der Waals surface area contributed by atoms with Gasteiger partial charge >= 0.3 is 6.09 Å². The van der Waals surface area contributed by atoms with Crippen LogP contribution in [-0.4, -0.2) is 48.7 Å². The maximum Gasteiger partial charge on any atom is 0.410 e. The molecule has 2 amide bonds. The van der Waals surface area contributed by atoms with E-state index >= 15 is 0 Å². The van der Waals surface area contributed by atoms with Gasteiger partial charge < -0.3 is 19.7 Å². The molecule has 1 N–H and O–H groups in total. The van der Waals surface area contributed by atoms with Gasteiger partial charge in [0.1, 0.15) is 5.60 Å². The zero-order chi connectivity index (χ0) is 18.4. The molecule has 2 rings (SSSR count). The van der Waals surface area contributed by atoms with Crippen molar-refractivity contribution in [3.63, 3.8) is 0 Å². The number of amides is 2. The number of rotatable bonds is 5. The fourth-order valence-electron chi connectivity index (χ4n) is 2.94. The normalized spacial score (nSPS) is 17.4. The maximum atomic E-state index is 12.5. The van der Waals surface area contributed by atoms with E-state index < -0.39 is 5.60 Å². The van der Waals surface area contributed by atoms with Gasteiger partial charge in [-0.3, -0.25) is 4.79 Å². The van der Waals surface area contributed by atoms with Gasteiger partial charge in [-0.15, -0.1) is 0 Å². The predicted molar refractivity (Wildman–Crippen MR) is 95.5 cm³/mol. The van der Waals surface area contributed by atoms with Crippen molar-refractivity contribution in [2.45, 2.75) is 51.9 Å². The molecule has 138 valence electrons.